The molecule has 0 radical (unpaired) electrons. The average molecular weight is 337 g/mol. The van der Waals surface area contributed by atoms with E-state index in [1.807, 2.05) is 12.1 Å². The summed E-state index contributed by atoms with van der Waals surface area (Å²) in [5.41, 5.74) is 3.29. The van der Waals surface area contributed by atoms with Crippen LogP contribution in [-0.4, -0.2) is 19.6 Å². The van der Waals surface area contributed by atoms with Crippen LogP contribution in [0.25, 0.3) is 0 Å². The van der Waals surface area contributed by atoms with Crippen LogP contribution < -0.4 is 10.2 Å². The zero-order valence-corrected chi connectivity index (χ0v) is 14.7. The number of anilines is 1. The molecular formula is C19H26ClFN2. The highest BCUT2D eigenvalue weighted by molar-refractivity contribution is 5.85. The summed E-state index contributed by atoms with van der Waals surface area (Å²) in [4.78, 5) is 2.33. The highest BCUT2D eigenvalue weighted by Crippen LogP contribution is 2.14. The molecule has 0 heterocycles. The molecule has 23 heavy (non-hydrogen) atoms. The monoisotopic (exact) mass is 336 g/mol. The smallest absolute Gasteiger partial charge is 0.126 e. The standard InChI is InChI=1S/C19H25FN2.ClH/c1-3-22(4-2)18-11-9-16(10-12-18)15-21-14-13-17-7-5-6-8-19(17)20;/h5-12,21H,3-4,13-15H2,1-2H3;1H. The molecule has 0 saturated heterocycles. The minimum atomic E-state index is -0.118. The molecule has 0 spiro atoms. The molecule has 2 aromatic carbocycles. The number of hydrogen-bond donors (Lipinski definition) is 1. The summed E-state index contributed by atoms with van der Waals surface area (Å²) >= 11 is 0. The van der Waals surface area contributed by atoms with Crippen LogP contribution >= 0.6 is 12.4 Å². The first-order valence-electron chi connectivity index (χ1n) is 8.02. The van der Waals surface area contributed by atoms with Gasteiger partial charge in [0.2, 0.25) is 0 Å². The van der Waals surface area contributed by atoms with Crippen LogP contribution in [-0.2, 0) is 13.0 Å². The Morgan fingerprint density at radius 1 is 0.957 bits per heavy atom. The highest BCUT2D eigenvalue weighted by Gasteiger charge is 2.02. The van der Waals surface area contributed by atoms with Gasteiger partial charge in [-0.15, -0.1) is 12.4 Å². The van der Waals surface area contributed by atoms with Crippen molar-refractivity contribution in [2.75, 3.05) is 24.5 Å². The molecule has 0 aliphatic rings. The van der Waals surface area contributed by atoms with E-state index in [2.05, 4.69) is 48.3 Å². The quantitative estimate of drug-likeness (QED) is 0.717. The molecule has 0 aliphatic carbocycles. The molecule has 0 aromatic heterocycles. The Morgan fingerprint density at radius 2 is 1.61 bits per heavy atom. The maximum Gasteiger partial charge on any atom is 0.126 e. The number of nitrogens with one attached hydrogen (secondary N) is 1. The van der Waals surface area contributed by atoms with Gasteiger partial charge in [-0.2, -0.15) is 0 Å². The lowest BCUT2D eigenvalue weighted by Gasteiger charge is -2.21. The van der Waals surface area contributed by atoms with Gasteiger partial charge in [0, 0.05) is 25.3 Å². The fourth-order valence-electron chi connectivity index (χ4n) is 2.57. The van der Waals surface area contributed by atoms with Crippen LogP contribution in [0.3, 0.4) is 0 Å². The Kier molecular flexibility index (Phi) is 8.67. The molecule has 1 N–H and O–H groups in total. The SMILES string of the molecule is CCN(CC)c1ccc(CNCCc2ccccc2F)cc1.Cl. The van der Waals surface area contributed by atoms with Gasteiger partial charge < -0.3 is 10.2 Å². The predicted octanol–water partition coefficient (Wildman–Crippen LogP) is 4.43. The summed E-state index contributed by atoms with van der Waals surface area (Å²) < 4.78 is 13.5. The Hall–Kier alpha value is -1.58. The average Bonchev–Trinajstić information content (AvgIpc) is 2.55. The summed E-state index contributed by atoms with van der Waals surface area (Å²) in [5.74, 6) is -0.118. The Balaban J connectivity index is 0.00000264. The number of halogens is 2. The first-order chi connectivity index (χ1) is 10.7. The Bertz CT molecular complexity index is 568. The van der Waals surface area contributed by atoms with Crippen molar-refractivity contribution in [1.29, 1.82) is 0 Å². The van der Waals surface area contributed by atoms with Crippen LogP contribution in [0.5, 0.6) is 0 Å². The maximum atomic E-state index is 13.5. The molecule has 0 bridgehead atoms. The number of nitrogens with zero attached hydrogens (tertiary/aromatic N) is 1. The summed E-state index contributed by atoms with van der Waals surface area (Å²) in [6.45, 7) is 7.97. The normalized spacial score (nSPS) is 10.2. The largest absolute Gasteiger partial charge is 0.372 e. The molecule has 4 heteroatoms. The molecule has 0 fully saturated rings. The van der Waals surface area contributed by atoms with E-state index in [1.165, 1.54) is 17.3 Å². The van der Waals surface area contributed by atoms with Gasteiger partial charge in [-0.1, -0.05) is 30.3 Å². The lowest BCUT2D eigenvalue weighted by atomic mass is 10.1. The third-order valence-electron chi connectivity index (χ3n) is 3.92. The zero-order valence-electron chi connectivity index (χ0n) is 13.9. The second-order valence-electron chi connectivity index (χ2n) is 5.36. The van der Waals surface area contributed by atoms with Crippen molar-refractivity contribution in [3.8, 4) is 0 Å². The van der Waals surface area contributed by atoms with E-state index in [1.54, 1.807) is 6.07 Å². The molecule has 0 amide bonds. The molecule has 126 valence electrons. The lowest BCUT2D eigenvalue weighted by Crippen LogP contribution is -2.21. The van der Waals surface area contributed by atoms with Gasteiger partial charge in [0.15, 0.2) is 0 Å². The molecule has 0 aliphatic heterocycles. The molecule has 0 unspecified atom stereocenters. The Labute approximate surface area is 145 Å². The molecular weight excluding hydrogens is 311 g/mol. The second kappa shape index (κ2) is 10.2. The maximum absolute atomic E-state index is 13.5. The summed E-state index contributed by atoms with van der Waals surface area (Å²) in [5, 5.41) is 3.37. The fraction of sp³-hybridized carbons (Fsp3) is 0.368. The molecule has 0 saturated carbocycles. The van der Waals surface area contributed by atoms with Gasteiger partial charge in [0.1, 0.15) is 5.82 Å². The molecule has 2 rings (SSSR count). The van der Waals surface area contributed by atoms with E-state index >= 15 is 0 Å². The molecule has 2 aromatic rings. The second-order valence-corrected chi connectivity index (χ2v) is 5.36. The van der Waals surface area contributed by atoms with Crippen molar-refractivity contribution in [1.82, 2.24) is 5.32 Å². The first-order valence-corrected chi connectivity index (χ1v) is 8.02. The number of benzene rings is 2. The number of rotatable bonds is 8. The fourth-order valence-corrected chi connectivity index (χ4v) is 2.57. The van der Waals surface area contributed by atoms with Gasteiger partial charge in [-0.3, -0.25) is 0 Å². The van der Waals surface area contributed by atoms with Crippen molar-refractivity contribution < 1.29 is 4.39 Å². The van der Waals surface area contributed by atoms with E-state index in [4.69, 9.17) is 0 Å². The van der Waals surface area contributed by atoms with Crippen LogP contribution in [0, 0.1) is 5.82 Å². The van der Waals surface area contributed by atoms with Crippen LogP contribution in [0.4, 0.5) is 10.1 Å². The van der Waals surface area contributed by atoms with Gasteiger partial charge >= 0.3 is 0 Å². The van der Waals surface area contributed by atoms with Crippen molar-refractivity contribution in [2.24, 2.45) is 0 Å². The summed E-state index contributed by atoms with van der Waals surface area (Å²) in [6, 6.07) is 15.6. The van der Waals surface area contributed by atoms with E-state index in [-0.39, 0.29) is 18.2 Å². The molecule has 0 atom stereocenters. The lowest BCUT2D eigenvalue weighted by molar-refractivity contribution is 0.598. The third-order valence-corrected chi connectivity index (χ3v) is 3.92. The van der Waals surface area contributed by atoms with E-state index in [0.717, 1.165) is 31.7 Å². The molecule has 2 nitrogen and oxygen atoms in total. The predicted molar refractivity (Wildman–Crippen MR) is 99.1 cm³/mol. The van der Waals surface area contributed by atoms with Crippen LogP contribution in [0.1, 0.15) is 25.0 Å². The first kappa shape index (κ1) is 19.5. The number of hydrogen-bond acceptors (Lipinski definition) is 2. The van der Waals surface area contributed by atoms with E-state index < -0.39 is 0 Å². The van der Waals surface area contributed by atoms with Gasteiger partial charge in [-0.25, -0.2) is 4.39 Å². The van der Waals surface area contributed by atoms with Crippen LogP contribution in [0.15, 0.2) is 48.5 Å². The van der Waals surface area contributed by atoms with E-state index in [0.29, 0.717) is 6.42 Å². The van der Waals surface area contributed by atoms with Gasteiger partial charge in [-0.05, 0) is 56.1 Å². The van der Waals surface area contributed by atoms with Crippen molar-refractivity contribution in [3.63, 3.8) is 0 Å². The van der Waals surface area contributed by atoms with Gasteiger partial charge in [0.05, 0.1) is 0 Å². The minimum Gasteiger partial charge on any atom is -0.372 e. The topological polar surface area (TPSA) is 15.3 Å². The third kappa shape index (κ3) is 5.85. The van der Waals surface area contributed by atoms with E-state index in [9.17, 15) is 4.39 Å². The van der Waals surface area contributed by atoms with Crippen LogP contribution in [0.2, 0.25) is 0 Å². The van der Waals surface area contributed by atoms with Gasteiger partial charge in [0.25, 0.3) is 0 Å². The zero-order chi connectivity index (χ0) is 15.8. The Morgan fingerprint density at radius 3 is 2.22 bits per heavy atom. The van der Waals surface area contributed by atoms with Crippen molar-refractivity contribution in [3.05, 3.63) is 65.5 Å². The van der Waals surface area contributed by atoms with Crippen molar-refractivity contribution in [2.45, 2.75) is 26.8 Å². The minimum absolute atomic E-state index is 0. The van der Waals surface area contributed by atoms with Crippen molar-refractivity contribution >= 4 is 18.1 Å². The summed E-state index contributed by atoms with van der Waals surface area (Å²) in [7, 11) is 0. The highest BCUT2D eigenvalue weighted by atomic mass is 35.5. The summed E-state index contributed by atoms with van der Waals surface area (Å²) in [6.07, 6.45) is 0.713.